The normalized spacial score (nSPS) is 11.5. The van der Waals surface area contributed by atoms with Crippen LogP contribution in [-0.2, 0) is 9.84 Å². The maximum absolute atomic E-state index is 13.0. The van der Waals surface area contributed by atoms with Crippen LogP contribution in [0, 0.1) is 17.1 Å². The molecule has 0 bridgehead atoms. The van der Waals surface area contributed by atoms with Crippen molar-refractivity contribution < 1.29 is 21.6 Å². The lowest BCUT2D eigenvalue weighted by Gasteiger charge is -2.08. The smallest absolute Gasteiger partial charge is 0.224 e. The van der Waals surface area contributed by atoms with Gasteiger partial charge in [-0.3, -0.25) is 0 Å². The number of rotatable bonds is 2. The lowest BCUT2D eigenvalue weighted by molar-refractivity contribution is 0.145. The van der Waals surface area contributed by atoms with Gasteiger partial charge in [0.2, 0.25) is 0 Å². The molecule has 0 radical (unpaired) electrons. The molecule has 0 atom stereocenters. The summed E-state index contributed by atoms with van der Waals surface area (Å²) < 4.78 is 60.3. The Kier molecular flexibility index (Phi) is 3.24. The molecule has 86 valence electrons. The molecule has 0 saturated heterocycles. The largest absolute Gasteiger partial charge is 0.267 e. The molecule has 0 unspecified atom stereocenters. The van der Waals surface area contributed by atoms with E-state index in [-0.39, 0.29) is 0 Å². The van der Waals surface area contributed by atoms with E-state index in [2.05, 4.69) is 0 Å². The zero-order chi connectivity index (χ0) is 12.5. The van der Waals surface area contributed by atoms with E-state index in [1.807, 2.05) is 0 Å². The maximum Gasteiger partial charge on any atom is 0.267 e. The van der Waals surface area contributed by atoms with Gasteiger partial charge in [-0.15, -0.1) is 0 Å². The number of sulfone groups is 1. The SMILES string of the molecule is CS(=O)(=O)c1ccc(F)c(C(F)F)c1C#N. The van der Waals surface area contributed by atoms with Gasteiger partial charge in [-0.25, -0.2) is 21.6 Å². The van der Waals surface area contributed by atoms with Crippen LogP contribution in [0.15, 0.2) is 17.0 Å². The number of nitrogens with zero attached hydrogens (tertiary/aromatic N) is 1. The van der Waals surface area contributed by atoms with Crippen molar-refractivity contribution in [2.45, 2.75) is 11.3 Å². The zero-order valence-electron chi connectivity index (χ0n) is 8.04. The first kappa shape index (κ1) is 12.5. The Morgan fingerprint density at radius 1 is 1.38 bits per heavy atom. The number of alkyl halides is 2. The summed E-state index contributed by atoms with van der Waals surface area (Å²) in [5.74, 6) is -1.29. The van der Waals surface area contributed by atoms with Gasteiger partial charge >= 0.3 is 0 Å². The van der Waals surface area contributed by atoms with E-state index in [9.17, 15) is 21.6 Å². The molecule has 0 amide bonds. The minimum absolute atomic E-state index is 0.591. The highest BCUT2D eigenvalue weighted by molar-refractivity contribution is 7.90. The summed E-state index contributed by atoms with van der Waals surface area (Å²) in [5.41, 5.74) is -2.01. The summed E-state index contributed by atoms with van der Waals surface area (Å²) >= 11 is 0. The first-order valence-corrected chi connectivity index (χ1v) is 5.89. The monoisotopic (exact) mass is 249 g/mol. The van der Waals surface area contributed by atoms with Gasteiger partial charge in [0.25, 0.3) is 6.43 Å². The van der Waals surface area contributed by atoms with Gasteiger partial charge in [0.05, 0.1) is 16.0 Å². The molecule has 7 heteroatoms. The first-order valence-electron chi connectivity index (χ1n) is 3.99. The average Bonchev–Trinajstić information content (AvgIpc) is 2.14. The molecule has 0 aliphatic heterocycles. The second-order valence-electron chi connectivity index (χ2n) is 3.02. The predicted octanol–water partition coefficient (Wildman–Crippen LogP) is 2.04. The fraction of sp³-hybridized carbons (Fsp3) is 0.222. The average molecular weight is 249 g/mol. The fourth-order valence-corrected chi connectivity index (χ4v) is 2.05. The van der Waals surface area contributed by atoms with Crippen LogP contribution in [0.25, 0.3) is 0 Å². The minimum Gasteiger partial charge on any atom is -0.224 e. The molecule has 0 aliphatic rings. The highest BCUT2D eigenvalue weighted by atomic mass is 32.2. The molecule has 1 aromatic carbocycles. The van der Waals surface area contributed by atoms with E-state index in [1.165, 1.54) is 6.07 Å². The third kappa shape index (κ3) is 2.17. The van der Waals surface area contributed by atoms with Crippen molar-refractivity contribution in [2.24, 2.45) is 0 Å². The molecular formula is C9H6F3NO2S. The quantitative estimate of drug-likeness (QED) is 0.753. The third-order valence-corrected chi connectivity index (χ3v) is 3.02. The summed E-state index contributed by atoms with van der Waals surface area (Å²) in [6, 6.07) is 2.70. The van der Waals surface area contributed by atoms with E-state index in [1.54, 1.807) is 0 Å². The van der Waals surface area contributed by atoms with E-state index < -0.39 is 38.1 Å². The molecule has 0 N–H and O–H groups in total. The van der Waals surface area contributed by atoms with E-state index >= 15 is 0 Å². The van der Waals surface area contributed by atoms with Gasteiger partial charge in [0.1, 0.15) is 11.9 Å². The molecule has 0 spiro atoms. The van der Waals surface area contributed by atoms with Gasteiger partial charge in [-0.05, 0) is 12.1 Å². The van der Waals surface area contributed by atoms with Crippen LogP contribution in [-0.4, -0.2) is 14.7 Å². The van der Waals surface area contributed by atoms with Crippen molar-refractivity contribution in [3.8, 4) is 6.07 Å². The topological polar surface area (TPSA) is 57.9 Å². The Bertz CT molecular complexity index is 561. The van der Waals surface area contributed by atoms with Crippen LogP contribution in [0.2, 0.25) is 0 Å². The summed E-state index contributed by atoms with van der Waals surface area (Å²) in [5, 5.41) is 8.62. The second kappa shape index (κ2) is 4.14. The summed E-state index contributed by atoms with van der Waals surface area (Å²) in [6.07, 6.45) is -2.48. The molecule has 0 aromatic heterocycles. The maximum atomic E-state index is 13.0. The first-order chi connectivity index (χ1) is 7.29. The molecular weight excluding hydrogens is 243 g/mol. The van der Waals surface area contributed by atoms with Crippen molar-refractivity contribution in [2.75, 3.05) is 6.26 Å². The zero-order valence-corrected chi connectivity index (χ0v) is 8.85. The predicted molar refractivity (Wildman–Crippen MR) is 49.2 cm³/mol. The number of hydrogen-bond donors (Lipinski definition) is 0. The Balaban J connectivity index is 3.72. The highest BCUT2D eigenvalue weighted by Crippen LogP contribution is 2.29. The Labute approximate surface area is 90.0 Å². The number of nitriles is 1. The number of halogens is 3. The Morgan fingerprint density at radius 3 is 2.31 bits per heavy atom. The van der Waals surface area contributed by atoms with Gasteiger partial charge in [0, 0.05) is 6.26 Å². The molecule has 0 saturated carbocycles. The van der Waals surface area contributed by atoms with Gasteiger partial charge in [0.15, 0.2) is 9.84 Å². The highest BCUT2D eigenvalue weighted by Gasteiger charge is 2.25. The third-order valence-electron chi connectivity index (χ3n) is 1.88. The molecule has 0 fully saturated rings. The van der Waals surface area contributed by atoms with Gasteiger partial charge in [-0.1, -0.05) is 0 Å². The van der Waals surface area contributed by atoms with Crippen LogP contribution in [0.3, 0.4) is 0 Å². The molecule has 0 aliphatic carbocycles. The van der Waals surface area contributed by atoms with Crippen LogP contribution in [0.4, 0.5) is 13.2 Å². The van der Waals surface area contributed by atoms with Crippen molar-refractivity contribution in [1.82, 2.24) is 0 Å². The summed E-state index contributed by atoms with van der Waals surface area (Å²) in [4.78, 5) is -0.591. The Morgan fingerprint density at radius 2 is 1.94 bits per heavy atom. The number of benzene rings is 1. The fourth-order valence-electron chi connectivity index (χ4n) is 1.21. The molecule has 0 heterocycles. The standard InChI is InChI=1S/C9H6F3NO2S/c1-16(14,15)7-3-2-6(10)8(9(11)12)5(7)4-13/h2-3,9H,1H3. The van der Waals surface area contributed by atoms with Crippen molar-refractivity contribution in [3.05, 3.63) is 29.1 Å². The van der Waals surface area contributed by atoms with Crippen LogP contribution in [0.5, 0.6) is 0 Å². The lowest BCUT2D eigenvalue weighted by Crippen LogP contribution is -2.06. The van der Waals surface area contributed by atoms with Gasteiger partial charge < -0.3 is 0 Å². The van der Waals surface area contributed by atoms with E-state index in [4.69, 9.17) is 5.26 Å². The minimum atomic E-state index is -3.84. The van der Waals surface area contributed by atoms with E-state index in [0.29, 0.717) is 6.07 Å². The second-order valence-corrected chi connectivity index (χ2v) is 5.00. The lowest BCUT2D eigenvalue weighted by atomic mass is 10.1. The van der Waals surface area contributed by atoms with E-state index in [0.717, 1.165) is 12.3 Å². The van der Waals surface area contributed by atoms with Crippen molar-refractivity contribution >= 4 is 9.84 Å². The molecule has 3 nitrogen and oxygen atoms in total. The molecule has 1 rings (SSSR count). The van der Waals surface area contributed by atoms with Crippen molar-refractivity contribution in [3.63, 3.8) is 0 Å². The van der Waals surface area contributed by atoms with Crippen LogP contribution in [0.1, 0.15) is 17.6 Å². The Hall–Kier alpha value is -1.55. The number of hydrogen-bond acceptors (Lipinski definition) is 3. The summed E-state index contributed by atoms with van der Waals surface area (Å²) in [7, 11) is -3.84. The van der Waals surface area contributed by atoms with Crippen molar-refractivity contribution in [1.29, 1.82) is 5.26 Å². The van der Waals surface area contributed by atoms with Gasteiger partial charge in [-0.2, -0.15) is 5.26 Å². The summed E-state index contributed by atoms with van der Waals surface area (Å²) in [6.45, 7) is 0. The molecule has 1 aromatic rings. The van der Waals surface area contributed by atoms with Crippen LogP contribution >= 0.6 is 0 Å². The van der Waals surface area contributed by atoms with Crippen LogP contribution < -0.4 is 0 Å². The molecule has 16 heavy (non-hydrogen) atoms.